The standard InChI is InChI=1S/C15H17F2N3O3/c1-3-5-6-23-9-7-10(16)12(11(17)8-9)13-14(19-20-18-13)15(21)22-4-2/h7-8H,3-6H2,1-2H3,(H,18,19,20). The summed E-state index contributed by atoms with van der Waals surface area (Å²) in [5.74, 6) is -2.51. The first-order valence-electron chi connectivity index (χ1n) is 7.28. The van der Waals surface area contributed by atoms with Crippen LogP contribution in [0.2, 0.25) is 0 Å². The van der Waals surface area contributed by atoms with Gasteiger partial charge in [-0.2, -0.15) is 10.3 Å². The van der Waals surface area contributed by atoms with Gasteiger partial charge in [0.2, 0.25) is 0 Å². The van der Waals surface area contributed by atoms with E-state index in [4.69, 9.17) is 9.47 Å². The molecule has 0 radical (unpaired) electrons. The summed E-state index contributed by atoms with van der Waals surface area (Å²) in [7, 11) is 0. The van der Waals surface area contributed by atoms with E-state index in [1.54, 1.807) is 6.92 Å². The lowest BCUT2D eigenvalue weighted by Gasteiger charge is -2.09. The number of unbranched alkanes of at least 4 members (excludes halogenated alkanes) is 1. The molecule has 1 N–H and O–H groups in total. The fourth-order valence-electron chi connectivity index (χ4n) is 1.94. The molecule has 0 saturated heterocycles. The molecule has 1 aromatic heterocycles. The van der Waals surface area contributed by atoms with Crippen molar-refractivity contribution in [3.05, 3.63) is 29.5 Å². The van der Waals surface area contributed by atoms with Gasteiger partial charge >= 0.3 is 5.97 Å². The highest BCUT2D eigenvalue weighted by Crippen LogP contribution is 2.30. The maximum atomic E-state index is 14.3. The minimum Gasteiger partial charge on any atom is -0.493 e. The molecule has 0 fully saturated rings. The minimum absolute atomic E-state index is 0.0818. The predicted octanol–water partition coefficient (Wildman–Crippen LogP) is 3.11. The van der Waals surface area contributed by atoms with E-state index in [9.17, 15) is 13.6 Å². The molecule has 0 spiro atoms. The molecular weight excluding hydrogens is 308 g/mol. The summed E-state index contributed by atoms with van der Waals surface area (Å²) in [6, 6.07) is 2.11. The number of aromatic amines is 1. The van der Waals surface area contributed by atoms with Crippen molar-refractivity contribution in [3.8, 4) is 17.0 Å². The van der Waals surface area contributed by atoms with Crippen LogP contribution in [0, 0.1) is 11.6 Å². The maximum absolute atomic E-state index is 14.3. The molecule has 0 aliphatic carbocycles. The lowest BCUT2D eigenvalue weighted by atomic mass is 10.1. The highest BCUT2D eigenvalue weighted by Gasteiger charge is 2.25. The predicted molar refractivity (Wildman–Crippen MR) is 78.1 cm³/mol. The Labute approximate surface area is 131 Å². The SMILES string of the molecule is CCCCOc1cc(F)c(-c2n[nH]nc2C(=O)OCC)c(F)c1. The van der Waals surface area contributed by atoms with Crippen molar-refractivity contribution in [2.45, 2.75) is 26.7 Å². The van der Waals surface area contributed by atoms with Gasteiger partial charge in [-0.25, -0.2) is 13.6 Å². The Hall–Kier alpha value is -2.51. The molecule has 0 aliphatic rings. The summed E-state index contributed by atoms with van der Waals surface area (Å²) in [4.78, 5) is 11.7. The summed E-state index contributed by atoms with van der Waals surface area (Å²) >= 11 is 0. The van der Waals surface area contributed by atoms with Gasteiger partial charge in [0, 0.05) is 12.1 Å². The van der Waals surface area contributed by atoms with Crippen LogP contribution in [0.1, 0.15) is 37.2 Å². The Kier molecular flexibility index (Phi) is 5.61. The van der Waals surface area contributed by atoms with Crippen molar-refractivity contribution in [1.82, 2.24) is 15.4 Å². The van der Waals surface area contributed by atoms with Crippen LogP contribution < -0.4 is 4.74 Å². The number of hydrogen-bond donors (Lipinski definition) is 1. The largest absolute Gasteiger partial charge is 0.493 e. The van der Waals surface area contributed by atoms with Gasteiger partial charge in [0.25, 0.3) is 0 Å². The van der Waals surface area contributed by atoms with Crippen LogP contribution in [0.4, 0.5) is 8.78 Å². The van der Waals surface area contributed by atoms with Crippen LogP contribution in [-0.4, -0.2) is 34.6 Å². The average Bonchev–Trinajstić information content (AvgIpc) is 2.96. The Balaban J connectivity index is 2.34. The molecule has 23 heavy (non-hydrogen) atoms. The van der Waals surface area contributed by atoms with Crippen LogP contribution in [-0.2, 0) is 4.74 Å². The number of nitrogens with zero attached hydrogens (tertiary/aromatic N) is 2. The zero-order valence-electron chi connectivity index (χ0n) is 12.9. The highest BCUT2D eigenvalue weighted by molar-refractivity contribution is 5.94. The van der Waals surface area contributed by atoms with Gasteiger partial charge in [0.05, 0.1) is 18.8 Å². The molecular formula is C15H17F2N3O3. The molecule has 2 aromatic rings. The topological polar surface area (TPSA) is 77.1 Å². The maximum Gasteiger partial charge on any atom is 0.361 e. The smallest absolute Gasteiger partial charge is 0.361 e. The van der Waals surface area contributed by atoms with Crippen LogP contribution >= 0.6 is 0 Å². The van der Waals surface area contributed by atoms with Gasteiger partial charge in [-0.1, -0.05) is 13.3 Å². The van der Waals surface area contributed by atoms with Gasteiger partial charge in [-0.3, -0.25) is 0 Å². The van der Waals surface area contributed by atoms with E-state index in [0.717, 1.165) is 25.0 Å². The molecule has 0 aliphatic heterocycles. The van der Waals surface area contributed by atoms with Gasteiger partial charge in [-0.15, -0.1) is 5.10 Å². The number of halogens is 2. The highest BCUT2D eigenvalue weighted by atomic mass is 19.1. The van der Waals surface area contributed by atoms with E-state index < -0.39 is 23.2 Å². The number of aromatic nitrogens is 3. The number of ether oxygens (including phenoxy) is 2. The van der Waals surface area contributed by atoms with Crippen molar-refractivity contribution in [1.29, 1.82) is 0 Å². The molecule has 0 saturated carbocycles. The molecule has 0 amide bonds. The first-order valence-corrected chi connectivity index (χ1v) is 7.28. The second-order valence-electron chi connectivity index (χ2n) is 4.71. The number of carbonyl (C=O) groups excluding carboxylic acids is 1. The van der Waals surface area contributed by atoms with Crippen molar-refractivity contribution in [2.75, 3.05) is 13.2 Å². The summed E-state index contributed by atoms with van der Waals surface area (Å²) in [6.45, 7) is 4.07. The average molecular weight is 325 g/mol. The van der Waals surface area contributed by atoms with E-state index in [-0.39, 0.29) is 23.7 Å². The van der Waals surface area contributed by atoms with E-state index in [1.165, 1.54) is 0 Å². The monoisotopic (exact) mass is 325 g/mol. The molecule has 124 valence electrons. The Morgan fingerprint density at radius 1 is 1.22 bits per heavy atom. The lowest BCUT2D eigenvalue weighted by molar-refractivity contribution is 0.0520. The quantitative estimate of drug-likeness (QED) is 0.625. The fourth-order valence-corrected chi connectivity index (χ4v) is 1.94. The Bertz CT molecular complexity index is 665. The normalized spacial score (nSPS) is 10.6. The van der Waals surface area contributed by atoms with Crippen LogP contribution in [0.25, 0.3) is 11.3 Å². The van der Waals surface area contributed by atoms with Gasteiger partial charge in [0.15, 0.2) is 5.69 Å². The van der Waals surface area contributed by atoms with Crippen molar-refractivity contribution in [3.63, 3.8) is 0 Å². The molecule has 2 rings (SSSR count). The second kappa shape index (κ2) is 7.66. The van der Waals surface area contributed by atoms with Crippen molar-refractivity contribution in [2.24, 2.45) is 0 Å². The molecule has 1 heterocycles. The summed E-state index contributed by atoms with van der Waals surface area (Å²) in [5, 5.41) is 9.44. The third-order valence-electron chi connectivity index (χ3n) is 3.04. The summed E-state index contributed by atoms with van der Waals surface area (Å²) in [5.41, 5.74) is -0.965. The van der Waals surface area contributed by atoms with Crippen LogP contribution in [0.15, 0.2) is 12.1 Å². The van der Waals surface area contributed by atoms with E-state index >= 15 is 0 Å². The van der Waals surface area contributed by atoms with E-state index in [1.807, 2.05) is 6.92 Å². The summed E-state index contributed by atoms with van der Waals surface area (Å²) < 4.78 is 38.6. The third kappa shape index (κ3) is 3.82. The summed E-state index contributed by atoms with van der Waals surface area (Å²) in [6.07, 6.45) is 1.69. The lowest BCUT2D eigenvalue weighted by Crippen LogP contribution is -2.08. The number of H-pyrrole nitrogens is 1. The minimum atomic E-state index is -0.893. The third-order valence-corrected chi connectivity index (χ3v) is 3.04. The second-order valence-corrected chi connectivity index (χ2v) is 4.71. The fraction of sp³-hybridized carbons (Fsp3) is 0.400. The number of rotatable bonds is 7. The van der Waals surface area contributed by atoms with Gasteiger partial charge in [-0.05, 0) is 13.3 Å². The number of nitrogens with one attached hydrogen (secondary N) is 1. The van der Waals surface area contributed by atoms with Crippen LogP contribution in [0.5, 0.6) is 5.75 Å². The Morgan fingerprint density at radius 2 is 1.91 bits per heavy atom. The van der Waals surface area contributed by atoms with Crippen LogP contribution in [0.3, 0.4) is 0 Å². The molecule has 0 unspecified atom stereocenters. The molecule has 0 bridgehead atoms. The first kappa shape index (κ1) is 16.9. The molecule has 0 atom stereocenters. The number of hydrogen-bond acceptors (Lipinski definition) is 5. The van der Waals surface area contributed by atoms with Gasteiger partial charge in [0.1, 0.15) is 23.1 Å². The molecule has 8 heteroatoms. The van der Waals surface area contributed by atoms with Crippen molar-refractivity contribution < 1.29 is 23.0 Å². The zero-order chi connectivity index (χ0) is 16.8. The van der Waals surface area contributed by atoms with Crippen molar-refractivity contribution >= 4 is 5.97 Å². The van der Waals surface area contributed by atoms with E-state index in [2.05, 4.69) is 15.4 Å². The van der Waals surface area contributed by atoms with E-state index in [0.29, 0.717) is 6.61 Å². The Morgan fingerprint density at radius 3 is 2.52 bits per heavy atom. The molecule has 6 nitrogen and oxygen atoms in total. The van der Waals surface area contributed by atoms with Gasteiger partial charge < -0.3 is 9.47 Å². The number of benzene rings is 1. The molecule has 1 aromatic carbocycles. The first-order chi connectivity index (χ1) is 11.1. The number of carbonyl (C=O) groups is 1. The zero-order valence-corrected chi connectivity index (χ0v) is 12.9. The number of esters is 1.